The van der Waals surface area contributed by atoms with Crippen LogP contribution >= 0.6 is 0 Å². The minimum Gasteiger partial charge on any atom is -0.506 e. The summed E-state index contributed by atoms with van der Waals surface area (Å²) in [5.41, 5.74) is 4.01. The molecule has 0 saturated heterocycles. The second-order valence-electron chi connectivity index (χ2n) is 2.34. The zero-order chi connectivity index (χ0) is 10.0. The Kier molecular flexibility index (Phi) is 2.72. The highest BCUT2D eigenvalue weighted by molar-refractivity contribution is 5.31. The minimum atomic E-state index is -3.00. The van der Waals surface area contributed by atoms with Crippen molar-refractivity contribution in [1.82, 2.24) is 4.98 Å². The number of alkyl halides is 2. The van der Waals surface area contributed by atoms with Crippen molar-refractivity contribution >= 4 is 0 Å². The van der Waals surface area contributed by atoms with Gasteiger partial charge in [0.2, 0.25) is 5.95 Å². The Hall–Kier alpha value is -1.30. The van der Waals surface area contributed by atoms with Gasteiger partial charge in [0.15, 0.2) is 0 Å². The lowest BCUT2D eigenvalue weighted by molar-refractivity contribution is 0.144. The maximum atomic E-state index is 12.7. The average Bonchev–Trinajstić information content (AvgIpc) is 2.07. The van der Waals surface area contributed by atoms with Crippen LogP contribution in [-0.2, 0) is 6.54 Å². The Morgan fingerprint density at radius 1 is 1.54 bits per heavy atom. The van der Waals surface area contributed by atoms with Crippen molar-refractivity contribution in [2.75, 3.05) is 0 Å². The molecule has 6 heteroatoms. The van der Waals surface area contributed by atoms with E-state index < -0.39 is 23.7 Å². The maximum absolute atomic E-state index is 12.7. The zero-order valence-electron chi connectivity index (χ0n) is 6.47. The third-order valence-electron chi connectivity index (χ3n) is 1.49. The largest absolute Gasteiger partial charge is 0.506 e. The van der Waals surface area contributed by atoms with Crippen LogP contribution in [0.2, 0.25) is 0 Å². The van der Waals surface area contributed by atoms with Crippen molar-refractivity contribution in [2.24, 2.45) is 5.73 Å². The Bertz CT molecular complexity index is 317. The number of rotatable bonds is 2. The van der Waals surface area contributed by atoms with E-state index in [1.165, 1.54) is 0 Å². The number of nitrogens with zero attached hydrogens (tertiary/aromatic N) is 1. The number of hydrogen-bond donors (Lipinski definition) is 2. The van der Waals surface area contributed by atoms with Crippen molar-refractivity contribution in [1.29, 1.82) is 0 Å². The fourth-order valence-corrected chi connectivity index (χ4v) is 0.834. The van der Waals surface area contributed by atoms with Gasteiger partial charge in [-0.2, -0.15) is 4.39 Å². The molecule has 0 unspecified atom stereocenters. The van der Waals surface area contributed by atoms with E-state index in [0.29, 0.717) is 6.07 Å². The summed E-state index contributed by atoms with van der Waals surface area (Å²) in [5.74, 6) is -1.81. The highest BCUT2D eigenvalue weighted by Crippen LogP contribution is 2.26. The van der Waals surface area contributed by atoms with Crippen LogP contribution in [-0.4, -0.2) is 10.1 Å². The lowest BCUT2D eigenvalue weighted by Crippen LogP contribution is -2.04. The molecule has 1 aromatic heterocycles. The van der Waals surface area contributed by atoms with Crippen LogP contribution in [0.3, 0.4) is 0 Å². The lowest BCUT2D eigenvalue weighted by Gasteiger charge is -2.05. The van der Waals surface area contributed by atoms with Crippen molar-refractivity contribution in [3.05, 3.63) is 23.3 Å². The third kappa shape index (κ3) is 1.89. The van der Waals surface area contributed by atoms with Gasteiger partial charge in [0, 0.05) is 6.54 Å². The molecule has 13 heavy (non-hydrogen) atoms. The molecule has 1 heterocycles. The third-order valence-corrected chi connectivity index (χ3v) is 1.49. The maximum Gasteiger partial charge on any atom is 0.268 e. The molecule has 0 radical (unpaired) electrons. The van der Waals surface area contributed by atoms with Gasteiger partial charge < -0.3 is 10.8 Å². The van der Waals surface area contributed by atoms with Crippen molar-refractivity contribution in [3.63, 3.8) is 0 Å². The summed E-state index contributed by atoms with van der Waals surface area (Å²) in [5, 5.41) is 9.02. The molecule has 0 aliphatic carbocycles. The van der Waals surface area contributed by atoms with Gasteiger partial charge in [-0.3, -0.25) is 0 Å². The molecular weight excluding hydrogens is 185 g/mol. The van der Waals surface area contributed by atoms with Crippen LogP contribution in [0.1, 0.15) is 17.7 Å². The summed E-state index contributed by atoms with van der Waals surface area (Å²) >= 11 is 0. The molecule has 0 saturated carbocycles. The molecule has 0 atom stereocenters. The van der Waals surface area contributed by atoms with E-state index in [1.807, 2.05) is 0 Å². The molecule has 72 valence electrons. The molecule has 0 bridgehead atoms. The molecule has 0 aromatic carbocycles. The average molecular weight is 192 g/mol. The van der Waals surface area contributed by atoms with Crippen LogP contribution in [0.25, 0.3) is 0 Å². The fourth-order valence-electron chi connectivity index (χ4n) is 0.834. The van der Waals surface area contributed by atoms with Crippen LogP contribution in [0, 0.1) is 5.95 Å². The van der Waals surface area contributed by atoms with Crippen LogP contribution in [0.5, 0.6) is 5.75 Å². The van der Waals surface area contributed by atoms with E-state index in [4.69, 9.17) is 10.8 Å². The predicted molar refractivity (Wildman–Crippen MR) is 38.7 cm³/mol. The molecule has 0 aliphatic rings. The summed E-state index contributed by atoms with van der Waals surface area (Å²) in [4.78, 5) is 3.09. The van der Waals surface area contributed by atoms with Gasteiger partial charge in [0.05, 0.1) is 11.3 Å². The smallest absolute Gasteiger partial charge is 0.268 e. The predicted octanol–water partition coefficient (Wildman–Crippen LogP) is 1.32. The van der Waals surface area contributed by atoms with Gasteiger partial charge in [0.1, 0.15) is 5.75 Å². The summed E-state index contributed by atoms with van der Waals surface area (Å²) in [6, 6.07) is 0.634. The van der Waals surface area contributed by atoms with E-state index >= 15 is 0 Å². The van der Waals surface area contributed by atoms with Gasteiger partial charge in [-0.1, -0.05) is 0 Å². The van der Waals surface area contributed by atoms with Gasteiger partial charge in [-0.25, -0.2) is 13.8 Å². The molecular formula is C7H7F3N2O. The summed E-state index contributed by atoms with van der Waals surface area (Å²) in [6.07, 6.45) is -3.00. The standard InChI is InChI=1S/C7H7F3N2O/c8-6(9)3-1-5(13)4(2-11)12-7(3)10/h1,6,13H,2,11H2. The summed E-state index contributed by atoms with van der Waals surface area (Å²) < 4.78 is 36.8. The van der Waals surface area contributed by atoms with Crippen LogP contribution < -0.4 is 5.73 Å². The van der Waals surface area contributed by atoms with Crippen LogP contribution in [0.15, 0.2) is 6.07 Å². The first-order valence-corrected chi connectivity index (χ1v) is 3.42. The molecule has 3 N–H and O–H groups in total. The Labute approximate surface area is 72.0 Å². The van der Waals surface area contributed by atoms with E-state index in [2.05, 4.69) is 4.98 Å². The van der Waals surface area contributed by atoms with Crippen molar-refractivity contribution in [3.8, 4) is 5.75 Å². The first-order chi connectivity index (χ1) is 6.06. The first kappa shape index (κ1) is 9.79. The summed E-state index contributed by atoms with van der Waals surface area (Å²) in [7, 11) is 0. The number of aromatic nitrogens is 1. The number of pyridine rings is 1. The van der Waals surface area contributed by atoms with Gasteiger partial charge in [-0.15, -0.1) is 0 Å². The van der Waals surface area contributed by atoms with Gasteiger partial charge >= 0.3 is 0 Å². The molecule has 0 spiro atoms. The Balaban J connectivity index is 3.20. The number of hydrogen-bond acceptors (Lipinski definition) is 3. The van der Waals surface area contributed by atoms with E-state index in [1.54, 1.807) is 0 Å². The topological polar surface area (TPSA) is 59.1 Å². The van der Waals surface area contributed by atoms with Crippen LogP contribution in [0.4, 0.5) is 13.2 Å². The lowest BCUT2D eigenvalue weighted by atomic mass is 10.2. The molecule has 1 aromatic rings. The normalized spacial score (nSPS) is 10.8. The molecule has 1 rings (SSSR count). The van der Waals surface area contributed by atoms with Crippen molar-refractivity contribution < 1.29 is 18.3 Å². The van der Waals surface area contributed by atoms with E-state index in [0.717, 1.165) is 0 Å². The second-order valence-corrected chi connectivity index (χ2v) is 2.34. The molecule has 0 aliphatic heterocycles. The fraction of sp³-hybridized carbons (Fsp3) is 0.286. The van der Waals surface area contributed by atoms with E-state index in [-0.39, 0.29) is 12.2 Å². The Morgan fingerprint density at radius 3 is 2.62 bits per heavy atom. The minimum absolute atomic E-state index is 0.137. The SMILES string of the molecule is NCc1nc(F)c(C(F)F)cc1O. The Morgan fingerprint density at radius 2 is 2.15 bits per heavy atom. The highest BCUT2D eigenvalue weighted by Gasteiger charge is 2.17. The molecule has 0 fully saturated rings. The quantitative estimate of drug-likeness (QED) is 0.695. The molecule has 0 amide bonds. The summed E-state index contributed by atoms with van der Waals surface area (Å²) in [6.45, 7) is -0.202. The second kappa shape index (κ2) is 3.61. The monoisotopic (exact) mass is 192 g/mol. The van der Waals surface area contributed by atoms with Gasteiger partial charge in [-0.05, 0) is 6.07 Å². The first-order valence-electron chi connectivity index (χ1n) is 3.42. The van der Waals surface area contributed by atoms with Crippen molar-refractivity contribution in [2.45, 2.75) is 13.0 Å². The van der Waals surface area contributed by atoms with E-state index in [9.17, 15) is 13.2 Å². The molecule has 3 nitrogen and oxygen atoms in total. The number of aromatic hydroxyl groups is 1. The van der Waals surface area contributed by atoms with Gasteiger partial charge in [0.25, 0.3) is 6.43 Å². The number of halogens is 3. The zero-order valence-corrected chi connectivity index (χ0v) is 6.47. The highest BCUT2D eigenvalue weighted by atomic mass is 19.3. The number of nitrogens with two attached hydrogens (primary N) is 1.